The summed E-state index contributed by atoms with van der Waals surface area (Å²) in [5.41, 5.74) is 0.502. The third-order valence-electron chi connectivity index (χ3n) is 3.07. The molecule has 3 unspecified atom stereocenters. The highest BCUT2D eigenvalue weighted by Crippen LogP contribution is 2.45. The summed E-state index contributed by atoms with van der Waals surface area (Å²) in [7, 11) is 0. The molecule has 0 aliphatic heterocycles. The molecule has 1 aliphatic rings. The Bertz CT molecular complexity index is 134. The van der Waals surface area contributed by atoms with Gasteiger partial charge >= 0.3 is 0 Å². The molecule has 3 atom stereocenters. The van der Waals surface area contributed by atoms with Gasteiger partial charge in [-0.3, -0.25) is 0 Å². The topological polar surface area (TPSA) is 0 Å². The van der Waals surface area contributed by atoms with Gasteiger partial charge in [0.2, 0.25) is 0 Å². The van der Waals surface area contributed by atoms with E-state index in [0.29, 0.717) is 5.41 Å². The summed E-state index contributed by atoms with van der Waals surface area (Å²) in [5, 5.41) is 0. The quantitative estimate of drug-likeness (QED) is 0.543. The van der Waals surface area contributed by atoms with Crippen LogP contribution in [0, 0.1) is 17.3 Å². The molecule has 0 N–H and O–H groups in total. The molecule has 0 spiro atoms. The zero-order valence-corrected chi connectivity index (χ0v) is 9.61. The molecule has 1 fully saturated rings. The highest BCUT2D eigenvalue weighted by molar-refractivity contribution is 9.09. The fraction of sp³-hybridized carbons (Fsp3) is 1.00. The molecule has 0 saturated heterocycles. The Morgan fingerprint density at radius 3 is 1.91 bits per heavy atom. The predicted octanol–water partition coefficient (Wildman–Crippen LogP) is 3.84. The van der Waals surface area contributed by atoms with Crippen LogP contribution in [-0.2, 0) is 0 Å². The Morgan fingerprint density at radius 2 is 1.73 bits per heavy atom. The summed E-state index contributed by atoms with van der Waals surface area (Å²) >= 11 is 3.74. The smallest absolute Gasteiger partial charge is 0.0174 e. The lowest BCUT2D eigenvalue weighted by Crippen LogP contribution is -2.24. The fourth-order valence-electron chi connectivity index (χ4n) is 2.34. The molecule has 11 heavy (non-hydrogen) atoms. The zero-order chi connectivity index (χ0) is 8.65. The number of hydrogen-bond donors (Lipinski definition) is 0. The van der Waals surface area contributed by atoms with E-state index < -0.39 is 0 Å². The molecule has 0 bridgehead atoms. The van der Waals surface area contributed by atoms with Gasteiger partial charge in [-0.05, 0) is 30.1 Å². The van der Waals surface area contributed by atoms with Gasteiger partial charge in [-0.2, -0.15) is 0 Å². The van der Waals surface area contributed by atoms with Gasteiger partial charge in [-0.15, -0.1) is 0 Å². The van der Waals surface area contributed by atoms with E-state index in [1.807, 2.05) is 0 Å². The van der Waals surface area contributed by atoms with Crippen LogP contribution < -0.4 is 0 Å². The van der Waals surface area contributed by atoms with Crippen LogP contribution in [0.15, 0.2) is 0 Å². The summed E-state index contributed by atoms with van der Waals surface area (Å²) in [6.07, 6.45) is 2.77. The maximum absolute atomic E-state index is 3.74. The van der Waals surface area contributed by atoms with Crippen molar-refractivity contribution in [1.29, 1.82) is 0 Å². The number of rotatable bonds is 0. The van der Waals surface area contributed by atoms with E-state index in [0.717, 1.165) is 16.7 Å². The highest BCUT2D eigenvalue weighted by Gasteiger charge is 2.37. The molecular weight excluding hydrogens is 200 g/mol. The molecule has 0 aromatic rings. The van der Waals surface area contributed by atoms with Gasteiger partial charge in [0.15, 0.2) is 0 Å². The van der Waals surface area contributed by atoms with E-state index in [1.165, 1.54) is 12.8 Å². The van der Waals surface area contributed by atoms with Crippen LogP contribution in [-0.4, -0.2) is 4.83 Å². The summed E-state index contributed by atoms with van der Waals surface area (Å²) in [6, 6.07) is 0. The Morgan fingerprint density at radius 1 is 1.18 bits per heavy atom. The standard InChI is InChI=1S/C10H19Br/c1-7-8(10(2,3)4)5-6-9(7)11/h7-9H,5-6H2,1-4H3. The molecule has 1 aliphatic carbocycles. The first-order valence-electron chi connectivity index (χ1n) is 4.57. The van der Waals surface area contributed by atoms with Crippen molar-refractivity contribution in [3.8, 4) is 0 Å². The first-order chi connectivity index (χ1) is 4.93. The molecule has 0 aromatic heterocycles. The molecular formula is C10H19Br. The molecule has 1 heteroatoms. The molecule has 0 aromatic carbocycles. The van der Waals surface area contributed by atoms with Crippen LogP contribution in [0.2, 0.25) is 0 Å². The van der Waals surface area contributed by atoms with Crippen molar-refractivity contribution in [3.63, 3.8) is 0 Å². The lowest BCUT2D eigenvalue weighted by atomic mass is 9.75. The second kappa shape index (κ2) is 3.08. The number of halogens is 1. The highest BCUT2D eigenvalue weighted by atomic mass is 79.9. The SMILES string of the molecule is CC1C(Br)CCC1C(C)(C)C. The summed E-state index contributed by atoms with van der Waals surface area (Å²) < 4.78 is 0. The van der Waals surface area contributed by atoms with Crippen LogP contribution in [0.1, 0.15) is 40.5 Å². The summed E-state index contributed by atoms with van der Waals surface area (Å²) in [4.78, 5) is 0.770. The molecule has 1 saturated carbocycles. The minimum absolute atomic E-state index is 0.502. The van der Waals surface area contributed by atoms with Crippen molar-refractivity contribution in [2.24, 2.45) is 17.3 Å². The van der Waals surface area contributed by atoms with Crippen LogP contribution in [0.25, 0.3) is 0 Å². The van der Waals surface area contributed by atoms with E-state index in [2.05, 4.69) is 43.6 Å². The van der Waals surface area contributed by atoms with Crippen molar-refractivity contribution < 1.29 is 0 Å². The van der Waals surface area contributed by atoms with E-state index in [4.69, 9.17) is 0 Å². The average Bonchev–Trinajstić information content (AvgIpc) is 2.11. The molecule has 66 valence electrons. The van der Waals surface area contributed by atoms with E-state index >= 15 is 0 Å². The van der Waals surface area contributed by atoms with Gasteiger partial charge in [-0.1, -0.05) is 43.6 Å². The second-order valence-electron chi connectivity index (χ2n) is 4.92. The fourth-order valence-corrected chi connectivity index (χ4v) is 2.97. The predicted molar refractivity (Wildman–Crippen MR) is 54.1 cm³/mol. The molecule has 0 heterocycles. The minimum Gasteiger partial charge on any atom is -0.0888 e. The van der Waals surface area contributed by atoms with Gasteiger partial charge in [0.25, 0.3) is 0 Å². The van der Waals surface area contributed by atoms with Crippen LogP contribution >= 0.6 is 15.9 Å². The summed E-state index contributed by atoms with van der Waals surface area (Å²) in [6.45, 7) is 9.46. The lowest BCUT2D eigenvalue weighted by Gasteiger charge is -2.31. The Balaban J connectivity index is 2.62. The van der Waals surface area contributed by atoms with Crippen molar-refractivity contribution >= 4 is 15.9 Å². The minimum atomic E-state index is 0.502. The van der Waals surface area contributed by atoms with Gasteiger partial charge < -0.3 is 0 Å². The van der Waals surface area contributed by atoms with Gasteiger partial charge in [0.05, 0.1) is 0 Å². The van der Waals surface area contributed by atoms with Crippen LogP contribution in [0.5, 0.6) is 0 Å². The average molecular weight is 219 g/mol. The van der Waals surface area contributed by atoms with Crippen molar-refractivity contribution in [2.75, 3.05) is 0 Å². The first kappa shape index (κ1) is 9.57. The van der Waals surface area contributed by atoms with E-state index in [-0.39, 0.29) is 0 Å². The van der Waals surface area contributed by atoms with Gasteiger partial charge in [0.1, 0.15) is 0 Å². The van der Waals surface area contributed by atoms with Gasteiger partial charge in [-0.25, -0.2) is 0 Å². The third-order valence-corrected chi connectivity index (χ3v) is 4.36. The van der Waals surface area contributed by atoms with Crippen LogP contribution in [0.3, 0.4) is 0 Å². The number of hydrogen-bond acceptors (Lipinski definition) is 0. The third kappa shape index (κ3) is 1.99. The Hall–Kier alpha value is 0.480. The Kier molecular flexibility index (Phi) is 2.68. The Labute approximate surface area is 78.9 Å². The molecule has 0 amide bonds. The van der Waals surface area contributed by atoms with Crippen LogP contribution in [0.4, 0.5) is 0 Å². The lowest BCUT2D eigenvalue weighted by molar-refractivity contribution is 0.198. The molecule has 1 rings (SSSR count). The molecule has 0 radical (unpaired) electrons. The van der Waals surface area contributed by atoms with E-state index in [9.17, 15) is 0 Å². The van der Waals surface area contributed by atoms with Gasteiger partial charge in [0, 0.05) is 4.83 Å². The first-order valence-corrected chi connectivity index (χ1v) is 5.48. The normalized spacial score (nSPS) is 39.5. The molecule has 0 nitrogen and oxygen atoms in total. The maximum Gasteiger partial charge on any atom is 0.0174 e. The van der Waals surface area contributed by atoms with Crippen molar-refractivity contribution in [3.05, 3.63) is 0 Å². The van der Waals surface area contributed by atoms with E-state index in [1.54, 1.807) is 0 Å². The summed E-state index contributed by atoms with van der Waals surface area (Å²) in [5.74, 6) is 1.77. The second-order valence-corrected chi connectivity index (χ2v) is 6.10. The zero-order valence-electron chi connectivity index (χ0n) is 8.02. The largest absolute Gasteiger partial charge is 0.0888 e. The number of alkyl halides is 1. The van der Waals surface area contributed by atoms with Crippen molar-refractivity contribution in [2.45, 2.75) is 45.4 Å². The maximum atomic E-state index is 3.74. The monoisotopic (exact) mass is 218 g/mol. The van der Waals surface area contributed by atoms with Crippen molar-refractivity contribution in [1.82, 2.24) is 0 Å².